The van der Waals surface area contributed by atoms with E-state index >= 15 is 0 Å². The van der Waals surface area contributed by atoms with Crippen LogP contribution in [0.4, 0.5) is 0 Å². The number of rotatable bonds is 5. The van der Waals surface area contributed by atoms with E-state index in [2.05, 4.69) is 27.8 Å². The summed E-state index contributed by atoms with van der Waals surface area (Å²) >= 11 is 0. The van der Waals surface area contributed by atoms with Crippen molar-refractivity contribution in [3.05, 3.63) is 0 Å². The third kappa shape index (κ3) is 5.51. The molecule has 1 aliphatic heterocycles. The maximum absolute atomic E-state index is 10.3. The number of morpholine rings is 1. The molecule has 3 atom stereocenters. The van der Waals surface area contributed by atoms with Crippen molar-refractivity contribution >= 4 is 0 Å². The zero-order valence-corrected chi connectivity index (χ0v) is 14.3. The molecule has 0 unspecified atom stereocenters. The van der Waals surface area contributed by atoms with Crippen molar-refractivity contribution < 1.29 is 19.1 Å². The molecule has 1 heterocycles. The molecule has 2 rings (SSSR count). The normalized spacial score (nSPS) is 33.6. The number of quaternary nitrogens is 1. The van der Waals surface area contributed by atoms with Crippen molar-refractivity contribution in [3.8, 4) is 0 Å². The van der Waals surface area contributed by atoms with E-state index in [1.165, 1.54) is 6.42 Å². The van der Waals surface area contributed by atoms with Crippen LogP contribution in [0.2, 0.25) is 0 Å². The van der Waals surface area contributed by atoms with E-state index in [-0.39, 0.29) is 6.10 Å². The van der Waals surface area contributed by atoms with E-state index in [1.807, 2.05) is 0 Å². The van der Waals surface area contributed by atoms with Gasteiger partial charge in [0.1, 0.15) is 25.7 Å². The second-order valence-electron chi connectivity index (χ2n) is 8.38. The summed E-state index contributed by atoms with van der Waals surface area (Å²) in [4.78, 5) is 0. The Morgan fingerprint density at radius 2 is 1.95 bits per heavy atom. The summed E-state index contributed by atoms with van der Waals surface area (Å²) in [5, 5.41) is 10.3. The Hall–Kier alpha value is -0.160. The lowest BCUT2D eigenvalue weighted by Crippen LogP contribution is -2.56. The van der Waals surface area contributed by atoms with Gasteiger partial charge in [0.25, 0.3) is 0 Å². The minimum Gasteiger partial charge on any atom is -0.385 e. The highest BCUT2D eigenvalue weighted by Gasteiger charge is 2.33. The van der Waals surface area contributed by atoms with Crippen LogP contribution in [0, 0.1) is 11.3 Å². The second-order valence-corrected chi connectivity index (χ2v) is 8.38. The Kier molecular flexibility index (Phi) is 5.69. The largest absolute Gasteiger partial charge is 0.385 e. The average Bonchev–Trinajstić information content (AvgIpc) is 2.34. The molecule has 21 heavy (non-hydrogen) atoms. The number of ether oxygens (including phenoxy) is 2. The number of likely N-dealkylation sites (N-methyl/N-ethyl adjacent to an activating group) is 1. The molecule has 0 aromatic carbocycles. The number of aliphatic hydroxyl groups is 1. The van der Waals surface area contributed by atoms with Crippen molar-refractivity contribution in [1.82, 2.24) is 0 Å². The summed E-state index contributed by atoms with van der Waals surface area (Å²) in [6, 6.07) is 0. The molecule has 4 heteroatoms. The molecular weight excluding hydrogens is 266 g/mol. The van der Waals surface area contributed by atoms with Crippen LogP contribution in [-0.4, -0.2) is 68.3 Å². The third-order valence-electron chi connectivity index (χ3n) is 5.07. The van der Waals surface area contributed by atoms with Gasteiger partial charge in [-0.05, 0) is 30.6 Å². The lowest BCUT2D eigenvalue weighted by Gasteiger charge is -2.40. The molecule has 0 bridgehead atoms. The molecule has 124 valence electrons. The van der Waals surface area contributed by atoms with Crippen LogP contribution in [0.25, 0.3) is 0 Å². The summed E-state index contributed by atoms with van der Waals surface area (Å²) in [5.74, 6) is 0.722. The predicted octanol–water partition coefficient (Wildman–Crippen LogP) is 2.06. The van der Waals surface area contributed by atoms with Gasteiger partial charge in [-0.3, -0.25) is 0 Å². The quantitative estimate of drug-likeness (QED) is 0.790. The van der Waals surface area contributed by atoms with E-state index < -0.39 is 0 Å². The second kappa shape index (κ2) is 6.95. The Bertz CT molecular complexity index is 326. The molecule has 2 fully saturated rings. The maximum Gasteiger partial charge on any atom is 0.126 e. The van der Waals surface area contributed by atoms with Gasteiger partial charge < -0.3 is 19.1 Å². The fraction of sp³-hybridized carbons (Fsp3) is 1.00. The molecule has 0 aromatic heterocycles. The van der Waals surface area contributed by atoms with Crippen LogP contribution in [0.1, 0.15) is 40.0 Å². The summed E-state index contributed by atoms with van der Waals surface area (Å²) < 4.78 is 12.4. The van der Waals surface area contributed by atoms with E-state index in [9.17, 15) is 5.11 Å². The van der Waals surface area contributed by atoms with Crippen molar-refractivity contribution in [2.75, 3.05) is 46.5 Å². The topological polar surface area (TPSA) is 38.7 Å². The molecule has 0 aromatic rings. The van der Waals surface area contributed by atoms with Crippen LogP contribution >= 0.6 is 0 Å². The summed E-state index contributed by atoms with van der Waals surface area (Å²) in [5.41, 5.74) is 0.371. The van der Waals surface area contributed by atoms with Crippen LogP contribution in [-0.2, 0) is 9.47 Å². The SMILES string of the molecule is C[C@@H]1C[C@H](OC[C@@H](O)C[N+]2(C)CCOCC2)CC(C)(C)C1. The first-order valence-corrected chi connectivity index (χ1v) is 8.49. The Labute approximate surface area is 130 Å². The zero-order chi connectivity index (χ0) is 15.5. The minimum absolute atomic E-state index is 0.313. The van der Waals surface area contributed by atoms with E-state index in [1.54, 1.807) is 0 Å². The molecule has 1 saturated carbocycles. The first kappa shape index (κ1) is 17.2. The molecule has 4 nitrogen and oxygen atoms in total. The number of nitrogens with zero attached hydrogens (tertiary/aromatic N) is 1. The fourth-order valence-electron chi connectivity index (χ4n) is 4.16. The standard InChI is InChI=1S/C17H34NO3/c1-14-9-16(11-17(2,3)10-14)21-13-15(19)12-18(4)5-7-20-8-6-18/h14-16,19H,5-13H2,1-4H3/q+1/t14-,15+,16+/m1/s1. The van der Waals surface area contributed by atoms with Crippen molar-refractivity contribution in [1.29, 1.82) is 0 Å². The number of aliphatic hydroxyl groups excluding tert-OH is 1. The molecular formula is C17H34NO3+. The van der Waals surface area contributed by atoms with Crippen LogP contribution in [0.15, 0.2) is 0 Å². The van der Waals surface area contributed by atoms with Crippen molar-refractivity contribution in [3.63, 3.8) is 0 Å². The maximum atomic E-state index is 10.3. The van der Waals surface area contributed by atoms with Crippen LogP contribution in [0.3, 0.4) is 0 Å². The average molecular weight is 300 g/mol. The van der Waals surface area contributed by atoms with Crippen LogP contribution < -0.4 is 0 Å². The number of hydrogen-bond acceptors (Lipinski definition) is 3. The Morgan fingerprint density at radius 3 is 2.57 bits per heavy atom. The van der Waals surface area contributed by atoms with Gasteiger partial charge in [-0.1, -0.05) is 20.8 Å². The fourth-order valence-corrected chi connectivity index (χ4v) is 4.16. The third-order valence-corrected chi connectivity index (χ3v) is 5.07. The Morgan fingerprint density at radius 1 is 1.29 bits per heavy atom. The first-order chi connectivity index (χ1) is 9.78. The molecule has 1 aliphatic carbocycles. The van der Waals surface area contributed by atoms with E-state index in [0.717, 1.165) is 56.1 Å². The van der Waals surface area contributed by atoms with Crippen molar-refractivity contribution in [2.45, 2.75) is 52.2 Å². The monoisotopic (exact) mass is 300 g/mol. The van der Waals surface area contributed by atoms with E-state index in [4.69, 9.17) is 9.47 Å². The van der Waals surface area contributed by atoms with E-state index in [0.29, 0.717) is 18.1 Å². The highest BCUT2D eigenvalue weighted by Crippen LogP contribution is 2.39. The van der Waals surface area contributed by atoms with Gasteiger partial charge in [0, 0.05) is 0 Å². The molecule has 0 amide bonds. The highest BCUT2D eigenvalue weighted by molar-refractivity contribution is 4.83. The van der Waals surface area contributed by atoms with Gasteiger partial charge in [0.05, 0.1) is 33.0 Å². The smallest absolute Gasteiger partial charge is 0.126 e. The lowest BCUT2D eigenvalue weighted by molar-refractivity contribution is -0.919. The zero-order valence-electron chi connectivity index (χ0n) is 14.3. The molecule has 0 radical (unpaired) electrons. The van der Waals surface area contributed by atoms with Gasteiger partial charge in [0.15, 0.2) is 0 Å². The van der Waals surface area contributed by atoms with Gasteiger partial charge in [-0.15, -0.1) is 0 Å². The summed E-state index contributed by atoms with van der Waals surface area (Å²) in [6.45, 7) is 11.8. The molecule has 1 saturated heterocycles. The first-order valence-electron chi connectivity index (χ1n) is 8.49. The van der Waals surface area contributed by atoms with Crippen molar-refractivity contribution in [2.24, 2.45) is 11.3 Å². The summed E-state index contributed by atoms with van der Waals surface area (Å²) in [6.07, 6.45) is 3.48. The van der Waals surface area contributed by atoms with Crippen LogP contribution in [0.5, 0.6) is 0 Å². The Balaban J connectivity index is 1.74. The molecule has 1 N–H and O–H groups in total. The highest BCUT2D eigenvalue weighted by atomic mass is 16.5. The van der Waals surface area contributed by atoms with Gasteiger partial charge in [-0.25, -0.2) is 0 Å². The van der Waals surface area contributed by atoms with Gasteiger partial charge >= 0.3 is 0 Å². The lowest BCUT2D eigenvalue weighted by atomic mass is 9.71. The van der Waals surface area contributed by atoms with Gasteiger partial charge in [-0.2, -0.15) is 0 Å². The predicted molar refractivity (Wildman–Crippen MR) is 84.1 cm³/mol. The summed E-state index contributed by atoms with van der Waals surface area (Å²) in [7, 11) is 2.21. The number of hydrogen-bond donors (Lipinski definition) is 1. The minimum atomic E-state index is -0.367. The molecule has 0 spiro atoms. The molecule has 2 aliphatic rings. The van der Waals surface area contributed by atoms with Gasteiger partial charge in [0.2, 0.25) is 0 Å².